The third-order valence-corrected chi connectivity index (χ3v) is 18.9. The summed E-state index contributed by atoms with van der Waals surface area (Å²) in [5.41, 5.74) is 0. The van der Waals surface area contributed by atoms with Crippen molar-refractivity contribution in [3.05, 3.63) is 0 Å². The van der Waals surface area contributed by atoms with Crippen LogP contribution in [0.1, 0.15) is 78.1 Å². The summed E-state index contributed by atoms with van der Waals surface area (Å²) in [7, 11) is 0. The van der Waals surface area contributed by atoms with E-state index in [0.29, 0.717) is 0 Å². The molecule has 16 heavy (non-hydrogen) atoms. The molecule has 0 aromatic heterocycles. The molecule has 0 N–H and O–H groups in total. The summed E-state index contributed by atoms with van der Waals surface area (Å²) in [5, 5.41) is 0. The van der Waals surface area contributed by atoms with Gasteiger partial charge in [0.15, 0.2) is 0 Å². The molecule has 2 saturated carbocycles. The molecule has 93 valence electrons. The number of hydrogen-bond acceptors (Lipinski definition) is 0. The van der Waals surface area contributed by atoms with E-state index in [-0.39, 0.29) is 0 Å². The fourth-order valence-corrected chi connectivity index (χ4v) is 14.6. The summed E-state index contributed by atoms with van der Waals surface area (Å²) in [6.45, 7) is 5.33. The Balaban J connectivity index is 2.06. The van der Waals surface area contributed by atoms with E-state index < -0.39 is 19.8 Å². The molecule has 0 bridgehead atoms. The molecule has 0 saturated heterocycles. The van der Waals surface area contributed by atoms with Gasteiger partial charge in [-0.1, -0.05) is 0 Å². The molecular weight excluding hydrogens is 299 g/mol. The zero-order chi connectivity index (χ0) is 11.6. The van der Waals surface area contributed by atoms with Gasteiger partial charge in [-0.05, 0) is 0 Å². The van der Waals surface area contributed by atoms with Crippen LogP contribution in [0.2, 0.25) is 11.8 Å². The second kappa shape index (κ2) is 5.20. The molecule has 2 fully saturated rings. The minimum atomic E-state index is -1.23. The monoisotopic (exact) mass is 329 g/mol. The van der Waals surface area contributed by atoms with Gasteiger partial charge in [0.05, 0.1) is 0 Å². The molecule has 0 unspecified atom stereocenters. The molecule has 1 heteroatoms. The molecule has 0 aliphatic heterocycles. The first kappa shape index (κ1) is 13.2. The third kappa shape index (κ3) is 2.62. The quantitative estimate of drug-likeness (QED) is 0.582. The topological polar surface area (TPSA) is 0 Å². The van der Waals surface area contributed by atoms with Crippen LogP contribution in [-0.2, 0) is 0 Å². The van der Waals surface area contributed by atoms with E-state index in [1.54, 1.807) is 25.7 Å². The predicted octanol–water partition coefficient (Wildman–Crippen LogP) is 5.56. The zero-order valence-electron chi connectivity index (χ0n) is 11.6. The molecule has 0 amide bonds. The Morgan fingerprint density at radius 2 is 0.938 bits per heavy atom. The minimum absolute atomic E-state index is 0.854. The maximum absolute atomic E-state index is 2.76. The van der Waals surface area contributed by atoms with Gasteiger partial charge in [0.1, 0.15) is 0 Å². The second-order valence-electron chi connectivity index (χ2n) is 6.87. The standard InChI is InChI=1S/2C7H13.CH3.Sn/c2*1-7-5-3-2-4-6-7;;/h2*2-6H2,1H3;1H3;. The summed E-state index contributed by atoms with van der Waals surface area (Å²) >= 11 is -1.23. The molecule has 0 nitrogen and oxygen atoms in total. The molecule has 2 aliphatic rings. The number of rotatable bonds is 2. The Kier molecular flexibility index (Phi) is 4.30. The number of hydrogen-bond donors (Lipinski definition) is 0. The first-order valence-corrected chi connectivity index (χ1v) is 13.1. The van der Waals surface area contributed by atoms with Crippen molar-refractivity contribution in [2.75, 3.05) is 0 Å². The van der Waals surface area contributed by atoms with Crippen LogP contribution in [0.5, 0.6) is 0 Å². The molecule has 1 radical (unpaired) electrons. The Bertz CT molecular complexity index is 198. The van der Waals surface area contributed by atoms with Crippen molar-refractivity contribution in [1.82, 2.24) is 0 Å². The van der Waals surface area contributed by atoms with Gasteiger partial charge in [-0.25, -0.2) is 0 Å². The first-order chi connectivity index (χ1) is 7.57. The Morgan fingerprint density at radius 1 is 0.625 bits per heavy atom. The second-order valence-corrected chi connectivity index (χ2v) is 17.3. The summed E-state index contributed by atoms with van der Waals surface area (Å²) in [4.78, 5) is 2.76. The fourth-order valence-electron chi connectivity index (χ4n) is 4.14. The fraction of sp³-hybridized carbons (Fsp3) is 1.00. The van der Waals surface area contributed by atoms with Gasteiger partial charge < -0.3 is 0 Å². The van der Waals surface area contributed by atoms with E-state index in [0.717, 1.165) is 6.86 Å². The summed E-state index contributed by atoms with van der Waals surface area (Å²) in [6.07, 6.45) is 15.5. The van der Waals surface area contributed by atoms with Crippen molar-refractivity contribution in [2.24, 2.45) is 0 Å². The van der Waals surface area contributed by atoms with Gasteiger partial charge in [-0.15, -0.1) is 0 Å². The van der Waals surface area contributed by atoms with Crippen molar-refractivity contribution in [2.45, 2.75) is 89.9 Å². The molecular formula is C15H29Sn. The zero-order valence-corrected chi connectivity index (χ0v) is 14.4. The van der Waals surface area contributed by atoms with Crippen molar-refractivity contribution in [3.63, 3.8) is 0 Å². The average Bonchev–Trinajstić information content (AvgIpc) is 2.30. The average molecular weight is 328 g/mol. The van der Waals surface area contributed by atoms with E-state index in [2.05, 4.69) is 18.8 Å². The molecule has 2 rings (SSSR count). The van der Waals surface area contributed by atoms with Crippen LogP contribution in [0.15, 0.2) is 0 Å². The van der Waals surface area contributed by atoms with Crippen LogP contribution in [-0.4, -0.2) is 19.8 Å². The SMILES string of the molecule is [CH3][Sn]([C]1(C)CCCCC1)[C]1(C)CCCCC1. The van der Waals surface area contributed by atoms with E-state index in [1.807, 2.05) is 0 Å². The van der Waals surface area contributed by atoms with Crippen LogP contribution in [0.25, 0.3) is 0 Å². The molecule has 0 atom stereocenters. The Labute approximate surface area is 109 Å². The maximum atomic E-state index is 2.76. The van der Waals surface area contributed by atoms with Crippen LogP contribution in [0.3, 0.4) is 0 Å². The van der Waals surface area contributed by atoms with Gasteiger partial charge in [0.2, 0.25) is 0 Å². The summed E-state index contributed by atoms with van der Waals surface area (Å²) < 4.78 is 1.71. The first-order valence-electron chi connectivity index (χ1n) is 7.41. The third-order valence-electron chi connectivity index (χ3n) is 5.72. The van der Waals surface area contributed by atoms with Gasteiger partial charge >= 0.3 is 110 Å². The van der Waals surface area contributed by atoms with E-state index in [9.17, 15) is 0 Å². The molecule has 2 aliphatic carbocycles. The normalized spacial score (nSPS) is 29.2. The van der Waals surface area contributed by atoms with Crippen molar-refractivity contribution >= 4 is 19.8 Å². The van der Waals surface area contributed by atoms with Gasteiger partial charge in [-0.2, -0.15) is 0 Å². The molecule has 0 spiro atoms. The van der Waals surface area contributed by atoms with Gasteiger partial charge in [-0.3, -0.25) is 0 Å². The molecule has 0 aromatic rings. The van der Waals surface area contributed by atoms with Crippen LogP contribution in [0.4, 0.5) is 0 Å². The Hall–Kier alpha value is 0.799. The van der Waals surface area contributed by atoms with E-state index >= 15 is 0 Å². The molecule has 0 heterocycles. The summed E-state index contributed by atoms with van der Waals surface area (Å²) in [5.74, 6) is 0. The predicted molar refractivity (Wildman–Crippen MR) is 74.5 cm³/mol. The van der Waals surface area contributed by atoms with Crippen LogP contribution >= 0.6 is 0 Å². The molecule has 0 aromatic carbocycles. The summed E-state index contributed by atoms with van der Waals surface area (Å²) in [6, 6.07) is 0. The van der Waals surface area contributed by atoms with Crippen molar-refractivity contribution < 1.29 is 0 Å². The van der Waals surface area contributed by atoms with Gasteiger partial charge in [0.25, 0.3) is 0 Å². The van der Waals surface area contributed by atoms with Crippen molar-refractivity contribution in [1.29, 1.82) is 0 Å². The van der Waals surface area contributed by atoms with Crippen LogP contribution < -0.4 is 0 Å². The van der Waals surface area contributed by atoms with E-state index in [1.165, 1.54) is 38.5 Å². The van der Waals surface area contributed by atoms with E-state index in [4.69, 9.17) is 0 Å². The van der Waals surface area contributed by atoms with Gasteiger partial charge in [0, 0.05) is 0 Å². The van der Waals surface area contributed by atoms with Crippen molar-refractivity contribution in [3.8, 4) is 0 Å². The Morgan fingerprint density at radius 3 is 1.25 bits per heavy atom. The van der Waals surface area contributed by atoms with Crippen LogP contribution in [0, 0.1) is 0 Å².